The lowest BCUT2D eigenvalue weighted by molar-refractivity contribution is 0.0600. The van der Waals surface area contributed by atoms with Gasteiger partial charge in [0, 0.05) is 48.3 Å². The van der Waals surface area contributed by atoms with Gasteiger partial charge in [-0.2, -0.15) is 0 Å². The maximum absolute atomic E-state index is 13.0. The monoisotopic (exact) mass is 495 g/mol. The van der Waals surface area contributed by atoms with Crippen molar-refractivity contribution in [3.05, 3.63) is 81.5 Å². The minimum absolute atomic E-state index is 0.00491. The third-order valence-electron chi connectivity index (χ3n) is 6.79. The molecule has 0 spiro atoms. The summed E-state index contributed by atoms with van der Waals surface area (Å²) >= 11 is 1.86. The highest BCUT2D eigenvalue weighted by molar-refractivity contribution is 7.92. The van der Waals surface area contributed by atoms with Gasteiger partial charge in [-0.05, 0) is 85.2 Å². The van der Waals surface area contributed by atoms with E-state index in [4.69, 9.17) is 0 Å². The van der Waals surface area contributed by atoms with Gasteiger partial charge < -0.3 is 4.90 Å². The van der Waals surface area contributed by atoms with Crippen molar-refractivity contribution in [3.8, 4) is 0 Å². The fourth-order valence-corrected chi connectivity index (χ4v) is 6.93. The summed E-state index contributed by atoms with van der Waals surface area (Å²) in [5.74, 6) is 0.00491. The van der Waals surface area contributed by atoms with E-state index in [0.29, 0.717) is 17.3 Å². The van der Waals surface area contributed by atoms with Crippen LogP contribution < -0.4 is 4.72 Å². The number of aryl methyl sites for hydroxylation is 1. The van der Waals surface area contributed by atoms with Gasteiger partial charge in [-0.1, -0.05) is 12.1 Å². The zero-order valence-electron chi connectivity index (χ0n) is 19.2. The van der Waals surface area contributed by atoms with Crippen molar-refractivity contribution in [3.63, 3.8) is 0 Å². The van der Waals surface area contributed by atoms with Crippen LogP contribution in [-0.4, -0.2) is 49.8 Å². The molecule has 2 aliphatic heterocycles. The van der Waals surface area contributed by atoms with E-state index in [1.54, 1.807) is 42.5 Å². The number of fused-ring (bicyclic) bond motifs is 1. The van der Waals surface area contributed by atoms with Crippen molar-refractivity contribution in [2.24, 2.45) is 0 Å². The van der Waals surface area contributed by atoms with Gasteiger partial charge >= 0.3 is 0 Å². The first-order valence-corrected chi connectivity index (χ1v) is 14.0. The summed E-state index contributed by atoms with van der Waals surface area (Å²) in [4.78, 5) is 19.3. The highest BCUT2D eigenvalue weighted by atomic mass is 32.2. The Hall–Kier alpha value is -2.68. The second kappa shape index (κ2) is 9.52. The summed E-state index contributed by atoms with van der Waals surface area (Å²) in [6.45, 7) is 5.48. The predicted molar refractivity (Wildman–Crippen MR) is 136 cm³/mol. The molecule has 0 atom stereocenters. The molecule has 3 heterocycles. The fourth-order valence-electron chi connectivity index (χ4n) is 4.88. The quantitative estimate of drug-likeness (QED) is 0.565. The largest absolute Gasteiger partial charge is 0.339 e. The maximum atomic E-state index is 13.0. The molecule has 0 unspecified atom stereocenters. The molecular formula is C26H29N3O3S2. The normalized spacial score (nSPS) is 17.4. The highest BCUT2D eigenvalue weighted by Gasteiger charge is 2.29. The highest BCUT2D eigenvalue weighted by Crippen LogP contribution is 2.28. The van der Waals surface area contributed by atoms with E-state index in [1.165, 1.54) is 10.4 Å². The summed E-state index contributed by atoms with van der Waals surface area (Å²) in [5.41, 5.74) is 3.37. The molecule has 8 heteroatoms. The number of amides is 1. The Morgan fingerprint density at radius 2 is 1.79 bits per heavy atom. The summed E-state index contributed by atoms with van der Waals surface area (Å²) in [6, 6.07) is 16.3. The van der Waals surface area contributed by atoms with Gasteiger partial charge in [0.1, 0.15) is 0 Å². The van der Waals surface area contributed by atoms with Crippen LogP contribution >= 0.6 is 11.3 Å². The molecule has 1 aromatic heterocycles. The predicted octanol–water partition coefficient (Wildman–Crippen LogP) is 4.52. The number of rotatable bonds is 5. The Bertz CT molecular complexity index is 1280. The lowest BCUT2D eigenvalue weighted by atomic mass is 9.99. The first kappa shape index (κ1) is 23.1. The van der Waals surface area contributed by atoms with Crippen molar-refractivity contribution in [2.45, 2.75) is 43.7 Å². The molecule has 178 valence electrons. The number of nitrogens with zero attached hydrogens (tertiary/aromatic N) is 2. The van der Waals surface area contributed by atoms with Gasteiger partial charge in [-0.25, -0.2) is 8.42 Å². The number of carbonyl (C=O) groups is 1. The molecule has 0 radical (unpaired) electrons. The number of carbonyl (C=O) groups excluding carboxylic acids is 1. The molecule has 2 aromatic carbocycles. The number of piperidine rings is 1. The van der Waals surface area contributed by atoms with Gasteiger partial charge in [0.05, 0.1) is 4.90 Å². The number of benzene rings is 2. The Labute approximate surface area is 205 Å². The van der Waals surface area contributed by atoms with Crippen molar-refractivity contribution in [2.75, 3.05) is 24.4 Å². The minimum atomic E-state index is -3.67. The molecule has 1 saturated heterocycles. The summed E-state index contributed by atoms with van der Waals surface area (Å²) < 4.78 is 27.9. The Balaban J connectivity index is 1.17. The average molecular weight is 496 g/mol. The number of sulfonamides is 1. The smallest absolute Gasteiger partial charge is 0.261 e. The number of thiophene rings is 1. The van der Waals surface area contributed by atoms with Crippen LogP contribution in [0.15, 0.2) is 64.9 Å². The zero-order valence-corrected chi connectivity index (χ0v) is 20.9. The number of anilines is 1. The molecule has 3 aromatic rings. The first-order valence-electron chi connectivity index (χ1n) is 11.7. The SMILES string of the molecule is Cc1cccc(S(=O)(=O)Nc2ccc(C(=O)N3CCC(N4CCc5sccc5C4)CC3)cc2)c1. The van der Waals surface area contributed by atoms with Gasteiger partial charge in [0.15, 0.2) is 0 Å². The second-order valence-electron chi connectivity index (χ2n) is 9.11. The first-order chi connectivity index (χ1) is 16.4. The van der Waals surface area contributed by atoms with Crippen LogP contribution in [0.3, 0.4) is 0 Å². The van der Waals surface area contributed by atoms with E-state index in [1.807, 2.05) is 29.2 Å². The van der Waals surface area contributed by atoms with Gasteiger partial charge in [0.25, 0.3) is 15.9 Å². The maximum Gasteiger partial charge on any atom is 0.261 e. The van der Waals surface area contributed by atoms with Crippen LogP contribution in [0.2, 0.25) is 0 Å². The Morgan fingerprint density at radius 3 is 2.53 bits per heavy atom. The van der Waals surface area contributed by atoms with E-state index in [9.17, 15) is 13.2 Å². The van der Waals surface area contributed by atoms with Crippen molar-refractivity contribution in [1.29, 1.82) is 0 Å². The van der Waals surface area contributed by atoms with Gasteiger partial charge in [-0.15, -0.1) is 11.3 Å². The third-order valence-corrected chi connectivity index (χ3v) is 9.19. The van der Waals surface area contributed by atoms with E-state index in [2.05, 4.69) is 21.1 Å². The van der Waals surface area contributed by atoms with Gasteiger partial charge in [0.2, 0.25) is 0 Å². The number of hydrogen-bond donors (Lipinski definition) is 1. The van der Waals surface area contributed by atoms with E-state index < -0.39 is 10.0 Å². The number of likely N-dealkylation sites (tertiary alicyclic amines) is 1. The summed E-state index contributed by atoms with van der Waals surface area (Å²) in [7, 11) is -3.67. The minimum Gasteiger partial charge on any atom is -0.339 e. The summed E-state index contributed by atoms with van der Waals surface area (Å²) in [5, 5.41) is 2.19. The molecule has 6 nitrogen and oxygen atoms in total. The second-order valence-corrected chi connectivity index (χ2v) is 11.8. The van der Waals surface area contributed by atoms with E-state index >= 15 is 0 Å². The standard InChI is InChI=1S/C26H29N3O3S2/c1-19-3-2-4-24(17-19)34(31,32)27-22-7-5-20(6-8-22)26(30)28-13-9-23(10-14-28)29-15-11-25-21(18-29)12-16-33-25/h2-8,12,16-17,23,27H,9-11,13-15,18H2,1H3. The van der Waals surface area contributed by atoms with Crippen LogP contribution in [0.5, 0.6) is 0 Å². The van der Waals surface area contributed by atoms with Crippen LogP contribution in [0.4, 0.5) is 5.69 Å². The third kappa shape index (κ3) is 4.89. The molecule has 34 heavy (non-hydrogen) atoms. The average Bonchev–Trinajstić information content (AvgIpc) is 3.32. The summed E-state index contributed by atoms with van der Waals surface area (Å²) in [6.07, 6.45) is 3.10. The molecule has 1 fully saturated rings. The van der Waals surface area contributed by atoms with E-state index in [0.717, 1.165) is 51.0 Å². The Morgan fingerprint density at radius 1 is 1.03 bits per heavy atom. The van der Waals surface area contributed by atoms with E-state index in [-0.39, 0.29) is 10.8 Å². The molecule has 1 N–H and O–H groups in total. The number of nitrogens with one attached hydrogen (secondary N) is 1. The van der Waals surface area contributed by atoms with Gasteiger partial charge in [-0.3, -0.25) is 14.4 Å². The topological polar surface area (TPSA) is 69.7 Å². The van der Waals surface area contributed by atoms with Crippen LogP contribution in [-0.2, 0) is 23.0 Å². The molecule has 0 aliphatic carbocycles. The lowest BCUT2D eigenvalue weighted by Crippen LogP contribution is -2.47. The van der Waals surface area contributed by atoms with Crippen LogP contribution in [0.25, 0.3) is 0 Å². The molecule has 0 bridgehead atoms. The zero-order chi connectivity index (χ0) is 23.7. The number of hydrogen-bond acceptors (Lipinski definition) is 5. The molecule has 5 rings (SSSR count). The Kier molecular flexibility index (Phi) is 6.46. The van der Waals surface area contributed by atoms with Crippen molar-refractivity contribution in [1.82, 2.24) is 9.80 Å². The molecule has 1 amide bonds. The van der Waals surface area contributed by atoms with Crippen LogP contribution in [0.1, 0.15) is 39.2 Å². The van der Waals surface area contributed by atoms with Crippen molar-refractivity contribution < 1.29 is 13.2 Å². The molecule has 2 aliphatic rings. The fraction of sp³-hybridized carbons (Fsp3) is 0.346. The van der Waals surface area contributed by atoms with Crippen molar-refractivity contribution >= 4 is 33.0 Å². The molecular weight excluding hydrogens is 466 g/mol. The molecule has 0 saturated carbocycles. The van der Waals surface area contributed by atoms with Crippen LogP contribution in [0, 0.1) is 6.92 Å². The lowest BCUT2D eigenvalue weighted by Gasteiger charge is -2.40.